The molecule has 0 aliphatic heterocycles. The Labute approximate surface area is 123 Å². The van der Waals surface area contributed by atoms with Gasteiger partial charge in [-0.15, -0.1) is 0 Å². The maximum atomic E-state index is 4.83. The van der Waals surface area contributed by atoms with E-state index in [2.05, 4.69) is 61.5 Å². The van der Waals surface area contributed by atoms with Crippen LogP contribution in [0.4, 0.5) is 0 Å². The zero-order chi connectivity index (χ0) is 14.2. The van der Waals surface area contributed by atoms with Crippen molar-refractivity contribution in [2.75, 3.05) is 0 Å². The molecular formula is C20H15N. The van der Waals surface area contributed by atoms with Gasteiger partial charge in [-0.05, 0) is 35.4 Å². The third kappa shape index (κ3) is 1.98. The number of pyridine rings is 1. The van der Waals surface area contributed by atoms with Gasteiger partial charge in [-0.3, -0.25) is 0 Å². The summed E-state index contributed by atoms with van der Waals surface area (Å²) >= 11 is 0. The van der Waals surface area contributed by atoms with Crippen LogP contribution < -0.4 is 0 Å². The van der Waals surface area contributed by atoms with E-state index in [9.17, 15) is 0 Å². The zero-order valence-electron chi connectivity index (χ0n) is 11.9. The normalized spacial score (nSPS) is 11.1. The van der Waals surface area contributed by atoms with E-state index < -0.39 is 0 Å². The van der Waals surface area contributed by atoms with E-state index >= 15 is 0 Å². The van der Waals surface area contributed by atoms with E-state index in [1.807, 2.05) is 18.2 Å². The van der Waals surface area contributed by atoms with Crippen LogP contribution in [-0.2, 0) is 0 Å². The molecule has 0 saturated heterocycles. The molecular weight excluding hydrogens is 254 g/mol. The molecule has 0 aliphatic carbocycles. The van der Waals surface area contributed by atoms with E-state index in [1.54, 1.807) is 0 Å². The van der Waals surface area contributed by atoms with Gasteiger partial charge >= 0.3 is 0 Å². The number of benzene rings is 3. The number of hydrogen-bond acceptors (Lipinski definition) is 1. The molecule has 4 rings (SSSR count). The molecule has 0 N–H and O–H groups in total. The molecule has 0 saturated carbocycles. The number of hydrogen-bond donors (Lipinski definition) is 0. The second-order valence-corrected chi connectivity index (χ2v) is 5.36. The standard InChI is InChI=1S/C20H15N/c1-14-6-5-9-17-16(14)10-13-20-18(17)11-12-19(21-20)15-7-3-2-4-8-15/h2-13H,1H3. The average molecular weight is 269 g/mol. The van der Waals surface area contributed by atoms with Crippen LogP contribution in [0.3, 0.4) is 0 Å². The maximum Gasteiger partial charge on any atom is 0.0715 e. The molecule has 0 atom stereocenters. The maximum absolute atomic E-state index is 4.83. The van der Waals surface area contributed by atoms with Crippen LogP contribution in [0.25, 0.3) is 32.9 Å². The van der Waals surface area contributed by atoms with Gasteiger partial charge in [-0.1, -0.05) is 60.7 Å². The highest BCUT2D eigenvalue weighted by Gasteiger charge is 2.05. The van der Waals surface area contributed by atoms with Crippen molar-refractivity contribution in [1.29, 1.82) is 0 Å². The lowest BCUT2D eigenvalue weighted by atomic mass is 10.0. The topological polar surface area (TPSA) is 12.9 Å². The predicted octanol–water partition coefficient (Wildman–Crippen LogP) is 5.36. The number of aryl methyl sites for hydroxylation is 1. The number of nitrogens with zero attached hydrogens (tertiary/aromatic N) is 1. The van der Waals surface area contributed by atoms with E-state index in [4.69, 9.17) is 4.98 Å². The molecule has 4 aromatic rings. The Hall–Kier alpha value is -2.67. The minimum Gasteiger partial charge on any atom is -0.248 e. The molecule has 0 amide bonds. The van der Waals surface area contributed by atoms with Crippen molar-refractivity contribution in [3.05, 3.63) is 78.4 Å². The largest absolute Gasteiger partial charge is 0.248 e. The van der Waals surface area contributed by atoms with E-state index in [-0.39, 0.29) is 0 Å². The number of fused-ring (bicyclic) bond motifs is 3. The van der Waals surface area contributed by atoms with Gasteiger partial charge in [0, 0.05) is 10.9 Å². The van der Waals surface area contributed by atoms with E-state index in [0.29, 0.717) is 0 Å². The molecule has 0 fully saturated rings. The first-order valence-electron chi connectivity index (χ1n) is 7.17. The van der Waals surface area contributed by atoms with Gasteiger partial charge in [0.25, 0.3) is 0 Å². The van der Waals surface area contributed by atoms with Crippen LogP contribution >= 0.6 is 0 Å². The Morgan fingerprint density at radius 1 is 0.619 bits per heavy atom. The van der Waals surface area contributed by atoms with Crippen molar-refractivity contribution in [2.45, 2.75) is 6.92 Å². The minimum absolute atomic E-state index is 1.02. The summed E-state index contributed by atoms with van der Waals surface area (Å²) in [5.41, 5.74) is 4.54. The minimum atomic E-state index is 1.02. The first-order valence-corrected chi connectivity index (χ1v) is 7.17. The van der Waals surface area contributed by atoms with Crippen LogP contribution in [0.15, 0.2) is 72.8 Å². The van der Waals surface area contributed by atoms with Crippen LogP contribution in [0.5, 0.6) is 0 Å². The highest BCUT2D eigenvalue weighted by Crippen LogP contribution is 2.28. The van der Waals surface area contributed by atoms with E-state index in [0.717, 1.165) is 16.8 Å². The Morgan fingerprint density at radius 3 is 2.29 bits per heavy atom. The van der Waals surface area contributed by atoms with Gasteiger partial charge < -0.3 is 0 Å². The van der Waals surface area contributed by atoms with Gasteiger partial charge in [-0.25, -0.2) is 4.98 Å². The van der Waals surface area contributed by atoms with Crippen molar-refractivity contribution < 1.29 is 0 Å². The molecule has 1 heteroatoms. The Bertz CT molecular complexity index is 940. The molecule has 100 valence electrons. The monoisotopic (exact) mass is 269 g/mol. The summed E-state index contributed by atoms with van der Waals surface area (Å²) in [7, 11) is 0. The first kappa shape index (κ1) is 12.1. The molecule has 1 aromatic heterocycles. The van der Waals surface area contributed by atoms with Gasteiger partial charge in [0.15, 0.2) is 0 Å². The summed E-state index contributed by atoms with van der Waals surface area (Å²) < 4.78 is 0. The smallest absolute Gasteiger partial charge is 0.0715 e. The Morgan fingerprint density at radius 2 is 1.43 bits per heavy atom. The molecule has 0 unspecified atom stereocenters. The highest BCUT2D eigenvalue weighted by molar-refractivity contribution is 6.07. The lowest BCUT2D eigenvalue weighted by molar-refractivity contribution is 1.40. The SMILES string of the molecule is Cc1cccc2c1ccc1nc(-c3ccccc3)ccc12. The van der Waals surface area contributed by atoms with Gasteiger partial charge in [0.05, 0.1) is 11.2 Å². The summed E-state index contributed by atoms with van der Waals surface area (Å²) in [6.45, 7) is 2.15. The fourth-order valence-electron chi connectivity index (χ4n) is 2.90. The molecule has 3 aromatic carbocycles. The summed E-state index contributed by atoms with van der Waals surface area (Å²) in [4.78, 5) is 4.83. The molecule has 0 spiro atoms. The molecule has 0 bridgehead atoms. The quantitative estimate of drug-likeness (QED) is 0.424. The fraction of sp³-hybridized carbons (Fsp3) is 0.0500. The van der Waals surface area contributed by atoms with Crippen LogP contribution in [0.2, 0.25) is 0 Å². The summed E-state index contributed by atoms with van der Waals surface area (Å²) in [5.74, 6) is 0. The van der Waals surface area contributed by atoms with Crippen molar-refractivity contribution in [2.24, 2.45) is 0 Å². The third-order valence-corrected chi connectivity index (χ3v) is 4.02. The fourth-order valence-corrected chi connectivity index (χ4v) is 2.90. The summed E-state index contributed by atoms with van der Waals surface area (Å²) in [6, 6.07) is 25.4. The van der Waals surface area contributed by atoms with Gasteiger partial charge in [-0.2, -0.15) is 0 Å². The Balaban J connectivity index is 2.00. The molecule has 1 heterocycles. The summed E-state index contributed by atoms with van der Waals surface area (Å²) in [6.07, 6.45) is 0. The van der Waals surface area contributed by atoms with Crippen molar-refractivity contribution in [1.82, 2.24) is 4.98 Å². The highest BCUT2D eigenvalue weighted by atomic mass is 14.7. The summed E-state index contributed by atoms with van der Waals surface area (Å²) in [5, 5.41) is 3.80. The zero-order valence-corrected chi connectivity index (χ0v) is 11.9. The predicted molar refractivity (Wildman–Crippen MR) is 89.4 cm³/mol. The van der Waals surface area contributed by atoms with E-state index in [1.165, 1.54) is 21.7 Å². The number of aromatic nitrogens is 1. The second-order valence-electron chi connectivity index (χ2n) is 5.36. The van der Waals surface area contributed by atoms with Crippen molar-refractivity contribution >= 4 is 21.7 Å². The first-order chi connectivity index (χ1) is 10.3. The van der Waals surface area contributed by atoms with Crippen LogP contribution in [0.1, 0.15) is 5.56 Å². The molecule has 21 heavy (non-hydrogen) atoms. The second kappa shape index (κ2) is 4.71. The van der Waals surface area contributed by atoms with Crippen molar-refractivity contribution in [3.8, 4) is 11.3 Å². The van der Waals surface area contributed by atoms with Crippen molar-refractivity contribution in [3.63, 3.8) is 0 Å². The van der Waals surface area contributed by atoms with Gasteiger partial charge in [0.1, 0.15) is 0 Å². The molecule has 1 nitrogen and oxygen atoms in total. The lowest BCUT2D eigenvalue weighted by Gasteiger charge is -2.08. The van der Waals surface area contributed by atoms with Gasteiger partial charge in [0.2, 0.25) is 0 Å². The molecule has 0 aliphatic rings. The van der Waals surface area contributed by atoms with Crippen LogP contribution in [0, 0.1) is 6.92 Å². The Kier molecular flexibility index (Phi) is 2.71. The molecule has 0 radical (unpaired) electrons. The lowest BCUT2D eigenvalue weighted by Crippen LogP contribution is -1.87. The average Bonchev–Trinajstić information content (AvgIpc) is 2.55. The number of rotatable bonds is 1. The van der Waals surface area contributed by atoms with Crippen LogP contribution in [-0.4, -0.2) is 4.98 Å². The third-order valence-electron chi connectivity index (χ3n) is 4.02.